The second kappa shape index (κ2) is 8.74. The molecule has 0 atom stereocenters. The second-order valence-electron chi connectivity index (χ2n) is 4.08. The molecular formula is C15H19NO4. The van der Waals surface area contributed by atoms with E-state index in [0.29, 0.717) is 19.4 Å². The van der Waals surface area contributed by atoms with Crippen LogP contribution in [-0.4, -0.2) is 32.6 Å². The van der Waals surface area contributed by atoms with Gasteiger partial charge in [0, 0.05) is 19.0 Å². The van der Waals surface area contributed by atoms with Gasteiger partial charge >= 0.3 is 5.97 Å². The quantitative estimate of drug-likeness (QED) is 0.469. The van der Waals surface area contributed by atoms with Crippen molar-refractivity contribution >= 4 is 18.0 Å². The molecule has 20 heavy (non-hydrogen) atoms. The smallest absolute Gasteiger partial charge is 0.305 e. The third-order valence-electron chi connectivity index (χ3n) is 2.63. The number of hydrogen-bond donors (Lipinski definition) is 1. The first-order valence-electron chi connectivity index (χ1n) is 6.32. The van der Waals surface area contributed by atoms with Crippen LogP contribution in [0.2, 0.25) is 0 Å². The zero-order chi connectivity index (χ0) is 14.8. The van der Waals surface area contributed by atoms with Crippen molar-refractivity contribution in [2.45, 2.75) is 12.8 Å². The number of benzene rings is 1. The van der Waals surface area contributed by atoms with Gasteiger partial charge in [-0.05, 0) is 30.2 Å². The van der Waals surface area contributed by atoms with Crippen molar-refractivity contribution in [1.29, 1.82) is 0 Å². The Bertz CT molecular complexity index is 465. The van der Waals surface area contributed by atoms with Crippen LogP contribution in [0.4, 0.5) is 0 Å². The van der Waals surface area contributed by atoms with Gasteiger partial charge in [-0.15, -0.1) is 0 Å². The Balaban J connectivity index is 2.30. The summed E-state index contributed by atoms with van der Waals surface area (Å²) in [6, 6.07) is 7.38. The van der Waals surface area contributed by atoms with Crippen LogP contribution in [0.25, 0.3) is 6.08 Å². The summed E-state index contributed by atoms with van der Waals surface area (Å²) in [7, 11) is 2.95. The van der Waals surface area contributed by atoms with Gasteiger partial charge in [-0.3, -0.25) is 9.59 Å². The van der Waals surface area contributed by atoms with Crippen molar-refractivity contribution in [2.24, 2.45) is 0 Å². The van der Waals surface area contributed by atoms with Gasteiger partial charge in [0.2, 0.25) is 5.91 Å². The maximum Gasteiger partial charge on any atom is 0.305 e. The molecule has 0 spiro atoms. The Morgan fingerprint density at radius 1 is 1.20 bits per heavy atom. The molecule has 1 aromatic rings. The Hall–Kier alpha value is -2.30. The van der Waals surface area contributed by atoms with Gasteiger partial charge in [-0.25, -0.2) is 0 Å². The number of ether oxygens (including phenoxy) is 2. The van der Waals surface area contributed by atoms with Crippen LogP contribution in [0, 0.1) is 0 Å². The van der Waals surface area contributed by atoms with E-state index < -0.39 is 0 Å². The molecule has 0 saturated heterocycles. The summed E-state index contributed by atoms with van der Waals surface area (Å²) in [5.74, 6) is 0.313. The van der Waals surface area contributed by atoms with Gasteiger partial charge in [0.25, 0.3) is 0 Å². The lowest BCUT2D eigenvalue weighted by atomic mass is 10.2. The summed E-state index contributed by atoms with van der Waals surface area (Å²) in [4.78, 5) is 22.4. The van der Waals surface area contributed by atoms with Gasteiger partial charge in [-0.1, -0.05) is 12.1 Å². The molecular weight excluding hydrogens is 258 g/mol. The normalized spacial score (nSPS) is 10.3. The third kappa shape index (κ3) is 6.04. The molecule has 5 heteroatoms. The van der Waals surface area contributed by atoms with Crippen molar-refractivity contribution in [3.05, 3.63) is 35.9 Å². The lowest BCUT2D eigenvalue weighted by Crippen LogP contribution is -2.22. The van der Waals surface area contributed by atoms with Crippen LogP contribution in [-0.2, 0) is 14.3 Å². The monoisotopic (exact) mass is 277 g/mol. The molecule has 0 heterocycles. The molecule has 1 aromatic carbocycles. The molecule has 0 radical (unpaired) electrons. The molecule has 5 nitrogen and oxygen atoms in total. The summed E-state index contributed by atoms with van der Waals surface area (Å²) in [5.41, 5.74) is 0.913. The van der Waals surface area contributed by atoms with Gasteiger partial charge < -0.3 is 14.8 Å². The Kier molecular flexibility index (Phi) is 6.89. The van der Waals surface area contributed by atoms with Crippen LogP contribution in [0.15, 0.2) is 30.3 Å². The van der Waals surface area contributed by atoms with Crippen molar-refractivity contribution in [1.82, 2.24) is 5.32 Å². The van der Waals surface area contributed by atoms with Gasteiger partial charge in [0.1, 0.15) is 5.75 Å². The fourth-order valence-electron chi connectivity index (χ4n) is 1.49. The number of esters is 1. The molecule has 0 aromatic heterocycles. The van der Waals surface area contributed by atoms with E-state index in [0.717, 1.165) is 11.3 Å². The van der Waals surface area contributed by atoms with E-state index in [1.165, 1.54) is 13.2 Å². The Morgan fingerprint density at radius 3 is 2.50 bits per heavy atom. The standard InChI is InChI=1S/C15H19NO4/c1-19-13-8-5-12(6-9-13)7-10-14(17)16-11-3-4-15(18)20-2/h5-10H,3-4,11H2,1-2H3,(H,16,17)/b10-7+. The van der Waals surface area contributed by atoms with Gasteiger partial charge in [0.05, 0.1) is 14.2 Å². The first-order chi connectivity index (χ1) is 9.65. The van der Waals surface area contributed by atoms with Crippen LogP contribution in [0.3, 0.4) is 0 Å². The van der Waals surface area contributed by atoms with E-state index >= 15 is 0 Å². The Morgan fingerprint density at radius 2 is 1.90 bits per heavy atom. The predicted octanol–water partition coefficient (Wildman–Crippen LogP) is 1.78. The zero-order valence-corrected chi connectivity index (χ0v) is 11.7. The number of carbonyl (C=O) groups is 2. The van der Waals surface area contributed by atoms with E-state index in [1.54, 1.807) is 13.2 Å². The van der Waals surface area contributed by atoms with E-state index in [4.69, 9.17) is 4.74 Å². The van der Waals surface area contributed by atoms with Crippen LogP contribution >= 0.6 is 0 Å². The van der Waals surface area contributed by atoms with Gasteiger partial charge in [-0.2, -0.15) is 0 Å². The number of nitrogens with one attached hydrogen (secondary N) is 1. The van der Waals surface area contributed by atoms with Gasteiger partial charge in [0.15, 0.2) is 0 Å². The van der Waals surface area contributed by atoms with Crippen molar-refractivity contribution in [2.75, 3.05) is 20.8 Å². The van der Waals surface area contributed by atoms with E-state index in [-0.39, 0.29) is 11.9 Å². The topological polar surface area (TPSA) is 64.6 Å². The predicted molar refractivity (Wildman–Crippen MR) is 76.3 cm³/mol. The minimum absolute atomic E-state index is 0.189. The lowest BCUT2D eigenvalue weighted by Gasteiger charge is -2.02. The first kappa shape index (κ1) is 15.8. The molecule has 0 saturated carbocycles. The summed E-state index contributed by atoms with van der Waals surface area (Å²) >= 11 is 0. The van der Waals surface area contributed by atoms with Crippen LogP contribution in [0.1, 0.15) is 18.4 Å². The number of methoxy groups -OCH3 is 2. The molecule has 1 rings (SSSR count). The molecule has 0 aliphatic rings. The van der Waals surface area contributed by atoms with E-state index in [1.807, 2.05) is 24.3 Å². The fraction of sp³-hybridized carbons (Fsp3) is 0.333. The highest BCUT2D eigenvalue weighted by atomic mass is 16.5. The summed E-state index contributed by atoms with van der Waals surface area (Å²) in [6.07, 6.45) is 4.04. The SMILES string of the molecule is COC(=O)CCCNC(=O)/C=C/c1ccc(OC)cc1. The second-order valence-corrected chi connectivity index (χ2v) is 4.08. The number of hydrogen-bond acceptors (Lipinski definition) is 4. The molecule has 0 unspecified atom stereocenters. The van der Waals surface area contributed by atoms with Crippen molar-refractivity contribution in [3.63, 3.8) is 0 Å². The Labute approximate surface area is 118 Å². The highest BCUT2D eigenvalue weighted by Gasteiger charge is 2.00. The zero-order valence-electron chi connectivity index (χ0n) is 11.7. The highest BCUT2D eigenvalue weighted by Crippen LogP contribution is 2.12. The highest BCUT2D eigenvalue weighted by molar-refractivity contribution is 5.91. The molecule has 0 fully saturated rings. The maximum absolute atomic E-state index is 11.5. The molecule has 1 N–H and O–H groups in total. The summed E-state index contributed by atoms with van der Waals surface area (Å²) in [5, 5.41) is 2.70. The van der Waals surface area contributed by atoms with Crippen LogP contribution < -0.4 is 10.1 Å². The number of carbonyl (C=O) groups excluding carboxylic acids is 2. The van der Waals surface area contributed by atoms with Crippen molar-refractivity contribution < 1.29 is 19.1 Å². The van der Waals surface area contributed by atoms with Crippen LogP contribution in [0.5, 0.6) is 5.75 Å². The van der Waals surface area contributed by atoms with E-state index in [2.05, 4.69) is 10.1 Å². The van der Waals surface area contributed by atoms with E-state index in [9.17, 15) is 9.59 Å². The molecule has 0 aliphatic carbocycles. The minimum atomic E-state index is -0.270. The summed E-state index contributed by atoms with van der Waals surface area (Å²) < 4.78 is 9.55. The maximum atomic E-state index is 11.5. The molecule has 1 amide bonds. The average Bonchev–Trinajstić information content (AvgIpc) is 2.49. The average molecular weight is 277 g/mol. The minimum Gasteiger partial charge on any atom is -0.497 e. The summed E-state index contributed by atoms with van der Waals surface area (Å²) in [6.45, 7) is 0.445. The molecule has 108 valence electrons. The lowest BCUT2D eigenvalue weighted by molar-refractivity contribution is -0.140. The number of amides is 1. The van der Waals surface area contributed by atoms with Crippen molar-refractivity contribution in [3.8, 4) is 5.75 Å². The first-order valence-corrected chi connectivity index (χ1v) is 6.32. The molecule has 0 aliphatic heterocycles. The largest absolute Gasteiger partial charge is 0.497 e. The third-order valence-corrected chi connectivity index (χ3v) is 2.63. The molecule has 0 bridgehead atoms. The number of rotatable bonds is 7. The fourth-order valence-corrected chi connectivity index (χ4v) is 1.49.